The average molecular weight is 281 g/mol. The number of aromatic nitrogens is 2. The Labute approximate surface area is 112 Å². The highest BCUT2D eigenvalue weighted by Gasteiger charge is 2.18. The van der Waals surface area contributed by atoms with E-state index in [1.807, 2.05) is 0 Å². The van der Waals surface area contributed by atoms with Gasteiger partial charge in [0, 0.05) is 16.8 Å². The predicted octanol–water partition coefficient (Wildman–Crippen LogP) is 2.53. The van der Waals surface area contributed by atoms with Crippen LogP contribution < -0.4 is 5.32 Å². The van der Waals surface area contributed by atoms with Gasteiger partial charge in [-0.1, -0.05) is 11.6 Å². The molecule has 2 aromatic rings. The predicted molar refractivity (Wildman–Crippen MR) is 69.4 cm³/mol. The van der Waals surface area contributed by atoms with E-state index >= 15 is 0 Å². The first-order valence-electron chi connectivity index (χ1n) is 5.24. The Bertz CT molecular complexity index is 653. The minimum atomic E-state index is -0.589. The van der Waals surface area contributed by atoms with Crippen molar-refractivity contribution in [2.24, 2.45) is 0 Å². The fourth-order valence-electron chi connectivity index (χ4n) is 1.54. The van der Waals surface area contributed by atoms with Gasteiger partial charge < -0.3 is 5.32 Å². The van der Waals surface area contributed by atoms with Gasteiger partial charge in [0.1, 0.15) is 5.69 Å². The number of amides is 1. The van der Waals surface area contributed by atoms with Gasteiger partial charge in [-0.2, -0.15) is 5.10 Å². The van der Waals surface area contributed by atoms with Crippen LogP contribution in [0.2, 0.25) is 5.02 Å². The molecular weight excluding hydrogens is 272 g/mol. The molecule has 0 aliphatic heterocycles. The van der Waals surface area contributed by atoms with Crippen LogP contribution in [-0.2, 0) is 0 Å². The van der Waals surface area contributed by atoms with Crippen molar-refractivity contribution in [2.75, 3.05) is 5.32 Å². The topological polar surface area (TPSA) is 101 Å². The molecular formula is C11H9ClN4O3. The number of benzene rings is 1. The lowest BCUT2D eigenvalue weighted by Crippen LogP contribution is -2.13. The van der Waals surface area contributed by atoms with Gasteiger partial charge in [-0.3, -0.25) is 20.0 Å². The highest BCUT2D eigenvalue weighted by molar-refractivity contribution is 6.31. The van der Waals surface area contributed by atoms with Crippen molar-refractivity contribution in [3.05, 3.63) is 50.8 Å². The zero-order chi connectivity index (χ0) is 14.0. The van der Waals surface area contributed by atoms with E-state index in [2.05, 4.69) is 15.5 Å². The Morgan fingerprint density at radius 1 is 1.53 bits per heavy atom. The molecule has 0 atom stereocenters. The van der Waals surface area contributed by atoms with E-state index < -0.39 is 10.8 Å². The maximum absolute atomic E-state index is 11.9. The molecule has 0 bridgehead atoms. The van der Waals surface area contributed by atoms with E-state index in [4.69, 9.17) is 11.6 Å². The van der Waals surface area contributed by atoms with Crippen LogP contribution >= 0.6 is 11.6 Å². The lowest BCUT2D eigenvalue weighted by molar-refractivity contribution is -0.383. The molecule has 0 aliphatic carbocycles. The number of nitrogens with one attached hydrogen (secondary N) is 2. The van der Waals surface area contributed by atoms with Gasteiger partial charge in [0.05, 0.1) is 16.7 Å². The third kappa shape index (κ3) is 2.71. The van der Waals surface area contributed by atoms with Crippen LogP contribution in [-0.4, -0.2) is 21.0 Å². The summed E-state index contributed by atoms with van der Waals surface area (Å²) < 4.78 is 0. The second kappa shape index (κ2) is 5.07. The Kier molecular flexibility index (Phi) is 3.48. The lowest BCUT2D eigenvalue weighted by Gasteiger charge is -2.05. The van der Waals surface area contributed by atoms with Gasteiger partial charge in [-0.15, -0.1) is 0 Å². The molecule has 0 radical (unpaired) electrons. The minimum Gasteiger partial charge on any atom is -0.316 e. The first-order valence-corrected chi connectivity index (χ1v) is 5.62. The highest BCUT2D eigenvalue weighted by Crippen LogP contribution is 2.28. The normalized spacial score (nSPS) is 10.2. The van der Waals surface area contributed by atoms with Crippen LogP contribution in [0.25, 0.3) is 0 Å². The summed E-state index contributed by atoms with van der Waals surface area (Å²) in [4.78, 5) is 22.2. The number of carbonyl (C=O) groups excluding carboxylic acids is 1. The van der Waals surface area contributed by atoms with E-state index in [-0.39, 0.29) is 11.4 Å². The Morgan fingerprint density at radius 2 is 2.26 bits per heavy atom. The number of nitro benzene ring substituents is 1. The van der Waals surface area contributed by atoms with Crippen LogP contribution in [0.4, 0.5) is 11.4 Å². The third-order valence-electron chi connectivity index (χ3n) is 2.48. The average Bonchev–Trinajstić information content (AvgIpc) is 2.75. The molecule has 0 fully saturated rings. The second-order valence-electron chi connectivity index (χ2n) is 3.78. The maximum Gasteiger partial charge on any atom is 0.292 e. The van der Waals surface area contributed by atoms with Crippen LogP contribution in [0.3, 0.4) is 0 Å². The van der Waals surface area contributed by atoms with Crippen molar-refractivity contribution in [2.45, 2.75) is 6.92 Å². The maximum atomic E-state index is 11.9. The third-order valence-corrected chi connectivity index (χ3v) is 2.71. The molecule has 1 aromatic heterocycles. The van der Waals surface area contributed by atoms with Crippen molar-refractivity contribution < 1.29 is 9.72 Å². The Hall–Kier alpha value is -2.41. The number of halogens is 1. The van der Waals surface area contributed by atoms with E-state index in [9.17, 15) is 14.9 Å². The highest BCUT2D eigenvalue weighted by atomic mass is 35.5. The van der Waals surface area contributed by atoms with E-state index in [0.717, 1.165) is 0 Å². The number of aryl methyl sites for hydroxylation is 1. The molecule has 0 saturated carbocycles. The van der Waals surface area contributed by atoms with Crippen LogP contribution in [0.5, 0.6) is 0 Å². The number of nitro groups is 1. The Balaban J connectivity index is 2.33. The van der Waals surface area contributed by atoms with E-state index in [0.29, 0.717) is 16.3 Å². The van der Waals surface area contributed by atoms with Crippen molar-refractivity contribution in [3.63, 3.8) is 0 Å². The zero-order valence-electron chi connectivity index (χ0n) is 9.81. The first-order chi connectivity index (χ1) is 8.99. The molecule has 7 nitrogen and oxygen atoms in total. The summed E-state index contributed by atoms with van der Waals surface area (Å²) in [6.45, 7) is 1.67. The lowest BCUT2D eigenvalue weighted by atomic mass is 10.2. The SMILES string of the molecule is Cc1[nH]ncc1C(=O)Nc1cc(Cl)ccc1[N+](=O)[O-]. The molecule has 0 aliphatic rings. The number of rotatable bonds is 3. The fourth-order valence-corrected chi connectivity index (χ4v) is 1.71. The quantitative estimate of drug-likeness (QED) is 0.666. The zero-order valence-corrected chi connectivity index (χ0v) is 10.6. The number of H-pyrrole nitrogens is 1. The summed E-state index contributed by atoms with van der Waals surface area (Å²) in [7, 11) is 0. The largest absolute Gasteiger partial charge is 0.316 e. The van der Waals surface area contributed by atoms with Crippen molar-refractivity contribution in [1.82, 2.24) is 10.2 Å². The number of anilines is 1. The van der Waals surface area contributed by atoms with Crippen LogP contribution in [0.15, 0.2) is 24.4 Å². The van der Waals surface area contributed by atoms with E-state index in [1.54, 1.807) is 6.92 Å². The minimum absolute atomic E-state index is 0.0445. The molecule has 2 rings (SSSR count). The van der Waals surface area contributed by atoms with Gasteiger partial charge in [-0.25, -0.2) is 0 Å². The Morgan fingerprint density at radius 3 is 2.84 bits per heavy atom. The summed E-state index contributed by atoms with van der Waals surface area (Å²) in [6, 6.07) is 3.95. The number of carbonyl (C=O) groups is 1. The molecule has 0 spiro atoms. The van der Waals surface area contributed by atoms with Crippen molar-refractivity contribution in [1.29, 1.82) is 0 Å². The van der Waals surface area contributed by atoms with Crippen molar-refractivity contribution >= 4 is 28.9 Å². The molecule has 1 aromatic carbocycles. The number of aromatic amines is 1. The molecule has 8 heteroatoms. The number of hydrogen-bond acceptors (Lipinski definition) is 4. The van der Waals surface area contributed by atoms with Gasteiger partial charge >= 0.3 is 0 Å². The summed E-state index contributed by atoms with van der Waals surface area (Å²) in [6.07, 6.45) is 1.35. The smallest absolute Gasteiger partial charge is 0.292 e. The molecule has 0 saturated heterocycles. The monoisotopic (exact) mass is 280 g/mol. The van der Waals surface area contributed by atoms with Gasteiger partial charge in [0.2, 0.25) is 0 Å². The van der Waals surface area contributed by atoms with Crippen molar-refractivity contribution in [3.8, 4) is 0 Å². The van der Waals surface area contributed by atoms with E-state index in [1.165, 1.54) is 24.4 Å². The molecule has 98 valence electrons. The summed E-state index contributed by atoms with van der Waals surface area (Å²) >= 11 is 5.77. The number of nitrogens with zero attached hydrogens (tertiary/aromatic N) is 2. The summed E-state index contributed by atoms with van der Waals surface area (Å²) in [5.41, 5.74) is 0.707. The van der Waals surface area contributed by atoms with Crippen LogP contribution in [0, 0.1) is 17.0 Å². The summed E-state index contributed by atoms with van der Waals surface area (Å²) in [5, 5.41) is 19.9. The second-order valence-corrected chi connectivity index (χ2v) is 4.22. The molecule has 1 heterocycles. The molecule has 0 unspecified atom stereocenters. The van der Waals surface area contributed by atoms with Gasteiger partial charge in [0.25, 0.3) is 11.6 Å². The molecule has 19 heavy (non-hydrogen) atoms. The number of hydrogen-bond donors (Lipinski definition) is 2. The molecule has 2 N–H and O–H groups in total. The van der Waals surface area contributed by atoms with Gasteiger partial charge in [-0.05, 0) is 19.1 Å². The fraction of sp³-hybridized carbons (Fsp3) is 0.0909. The van der Waals surface area contributed by atoms with Gasteiger partial charge in [0.15, 0.2) is 0 Å². The first kappa shape index (κ1) is 13.0. The standard InChI is InChI=1S/C11H9ClN4O3/c1-6-8(5-13-15-6)11(17)14-9-4-7(12)2-3-10(9)16(18)19/h2-5H,1H3,(H,13,15)(H,14,17). The van der Waals surface area contributed by atoms with Crippen LogP contribution in [0.1, 0.15) is 16.1 Å². The molecule has 1 amide bonds. The summed E-state index contributed by atoms with van der Waals surface area (Å²) in [5.74, 6) is -0.489.